The fraction of sp³-hybridized carbons (Fsp3) is 0.273. The van der Waals surface area contributed by atoms with Gasteiger partial charge in [-0.3, -0.25) is 4.79 Å². The first-order valence-corrected chi connectivity index (χ1v) is 6.28. The van der Waals surface area contributed by atoms with E-state index in [-0.39, 0.29) is 28.5 Å². The molecule has 1 aromatic heterocycles. The molecule has 1 aromatic carbocycles. The summed E-state index contributed by atoms with van der Waals surface area (Å²) in [5.74, 6) is -3.53. The van der Waals surface area contributed by atoms with Crippen LogP contribution in [-0.2, 0) is 11.3 Å². The van der Waals surface area contributed by atoms with Crippen molar-refractivity contribution in [3.05, 3.63) is 23.8 Å². The van der Waals surface area contributed by atoms with Crippen molar-refractivity contribution >= 4 is 28.8 Å². The third-order valence-corrected chi connectivity index (χ3v) is 3.36. The first-order valence-electron chi connectivity index (χ1n) is 5.29. The number of halogens is 3. The number of thioether (sulfide) groups is 1. The first-order chi connectivity index (χ1) is 9.04. The van der Waals surface area contributed by atoms with Crippen LogP contribution in [0.25, 0.3) is 11.0 Å². The fourth-order valence-corrected chi connectivity index (χ4v) is 2.42. The maximum Gasteiger partial charge on any atom is 0.313 e. The van der Waals surface area contributed by atoms with E-state index in [2.05, 4.69) is 4.98 Å². The maximum absolute atomic E-state index is 13.7. The number of hydrogen-bond donors (Lipinski definition) is 1. The smallest absolute Gasteiger partial charge is 0.313 e. The second-order valence-electron chi connectivity index (χ2n) is 3.65. The number of nitrogens with zero attached hydrogens (tertiary/aromatic N) is 2. The Morgan fingerprint density at radius 2 is 2.16 bits per heavy atom. The molecular weight excluding hydrogens is 281 g/mol. The summed E-state index contributed by atoms with van der Waals surface area (Å²) in [6, 6.07) is 2.20. The van der Waals surface area contributed by atoms with Crippen LogP contribution in [0.3, 0.4) is 0 Å². The molecule has 2 aromatic rings. The molecule has 0 bridgehead atoms. The molecule has 1 N–H and O–H groups in total. The van der Waals surface area contributed by atoms with Gasteiger partial charge in [0.2, 0.25) is 0 Å². The summed E-state index contributed by atoms with van der Waals surface area (Å²) < 4.78 is 40.6. The number of alkyl halides is 1. The molecule has 8 heteroatoms. The van der Waals surface area contributed by atoms with Gasteiger partial charge < -0.3 is 9.67 Å². The van der Waals surface area contributed by atoms with Gasteiger partial charge in [0.1, 0.15) is 12.2 Å². The summed E-state index contributed by atoms with van der Waals surface area (Å²) in [7, 11) is 0. The fourth-order valence-electron chi connectivity index (χ4n) is 1.66. The Kier molecular flexibility index (Phi) is 3.98. The normalized spacial score (nSPS) is 11.1. The SMILES string of the molecule is O=C(O)CSc1nc2ccc(F)c(F)c2n1CCF. The monoisotopic (exact) mass is 290 g/mol. The summed E-state index contributed by atoms with van der Waals surface area (Å²) >= 11 is 0.832. The Morgan fingerprint density at radius 3 is 2.79 bits per heavy atom. The minimum Gasteiger partial charge on any atom is -0.481 e. The Hall–Kier alpha value is -1.70. The predicted octanol–water partition coefficient (Wildman–Crippen LogP) is 2.46. The van der Waals surface area contributed by atoms with Gasteiger partial charge in [-0.05, 0) is 12.1 Å². The van der Waals surface area contributed by atoms with Crippen molar-refractivity contribution in [1.82, 2.24) is 9.55 Å². The molecule has 0 saturated carbocycles. The lowest BCUT2D eigenvalue weighted by Crippen LogP contribution is -2.05. The van der Waals surface area contributed by atoms with Gasteiger partial charge in [-0.25, -0.2) is 18.2 Å². The summed E-state index contributed by atoms with van der Waals surface area (Å²) in [6.45, 7) is -0.999. The summed E-state index contributed by atoms with van der Waals surface area (Å²) in [5, 5.41) is 8.76. The highest BCUT2D eigenvalue weighted by molar-refractivity contribution is 7.99. The van der Waals surface area contributed by atoms with Gasteiger partial charge in [0, 0.05) is 0 Å². The van der Waals surface area contributed by atoms with Crippen LogP contribution < -0.4 is 0 Å². The standard InChI is InChI=1S/C11H9F3N2O2S/c12-3-4-16-10-7(2-1-6(13)9(10)14)15-11(16)19-5-8(17)18/h1-2H,3-5H2,(H,17,18). The minimum atomic E-state index is -1.11. The van der Waals surface area contributed by atoms with Gasteiger partial charge in [-0.2, -0.15) is 0 Å². The van der Waals surface area contributed by atoms with Crippen LogP contribution in [0.4, 0.5) is 13.2 Å². The molecular formula is C11H9F3N2O2S. The van der Waals surface area contributed by atoms with E-state index >= 15 is 0 Å². The number of aromatic nitrogens is 2. The number of fused-ring (bicyclic) bond motifs is 1. The number of carboxylic acids is 1. The Labute approximate surface area is 110 Å². The lowest BCUT2D eigenvalue weighted by atomic mass is 10.3. The zero-order valence-corrected chi connectivity index (χ0v) is 10.4. The number of imidazole rings is 1. The van der Waals surface area contributed by atoms with E-state index in [4.69, 9.17) is 5.11 Å². The van der Waals surface area contributed by atoms with Gasteiger partial charge in [-0.15, -0.1) is 0 Å². The average Bonchev–Trinajstić information content (AvgIpc) is 2.71. The summed E-state index contributed by atoms with van der Waals surface area (Å²) in [4.78, 5) is 14.5. The van der Waals surface area contributed by atoms with Crippen molar-refractivity contribution in [3.63, 3.8) is 0 Å². The van der Waals surface area contributed by atoms with E-state index in [1.54, 1.807) is 0 Å². The molecule has 0 aliphatic heterocycles. The second kappa shape index (κ2) is 5.52. The third kappa shape index (κ3) is 2.67. The molecule has 0 atom stereocenters. The average molecular weight is 290 g/mol. The van der Waals surface area contributed by atoms with Crippen molar-refractivity contribution in [2.45, 2.75) is 11.7 Å². The number of aliphatic carboxylic acids is 1. The summed E-state index contributed by atoms with van der Waals surface area (Å²) in [5.41, 5.74) is 0.0192. The predicted molar refractivity (Wildman–Crippen MR) is 64.0 cm³/mol. The lowest BCUT2D eigenvalue weighted by Gasteiger charge is -2.05. The first kappa shape index (κ1) is 13.7. The molecule has 19 heavy (non-hydrogen) atoms. The van der Waals surface area contributed by atoms with Crippen LogP contribution in [-0.4, -0.2) is 33.1 Å². The molecule has 0 aliphatic rings. The minimum absolute atomic E-state index is 0.148. The van der Waals surface area contributed by atoms with Gasteiger partial charge in [0.15, 0.2) is 16.8 Å². The highest BCUT2D eigenvalue weighted by Gasteiger charge is 2.18. The molecule has 0 fully saturated rings. The Balaban J connectivity index is 2.54. The van der Waals surface area contributed by atoms with E-state index in [1.807, 2.05) is 0 Å². The third-order valence-electron chi connectivity index (χ3n) is 2.40. The van der Waals surface area contributed by atoms with E-state index in [0.29, 0.717) is 0 Å². The zero-order valence-electron chi connectivity index (χ0n) is 9.57. The molecule has 0 saturated heterocycles. The highest BCUT2D eigenvalue weighted by Crippen LogP contribution is 2.27. The van der Waals surface area contributed by atoms with E-state index < -0.39 is 24.3 Å². The molecule has 0 unspecified atom stereocenters. The quantitative estimate of drug-likeness (QED) is 0.859. The molecule has 0 amide bonds. The van der Waals surface area contributed by atoms with Crippen LogP contribution in [0.2, 0.25) is 0 Å². The largest absolute Gasteiger partial charge is 0.481 e. The van der Waals surface area contributed by atoms with E-state index in [9.17, 15) is 18.0 Å². The van der Waals surface area contributed by atoms with Crippen molar-refractivity contribution in [3.8, 4) is 0 Å². The maximum atomic E-state index is 13.7. The molecule has 1 heterocycles. The van der Waals surface area contributed by atoms with Gasteiger partial charge in [0.25, 0.3) is 0 Å². The molecule has 0 aliphatic carbocycles. The lowest BCUT2D eigenvalue weighted by molar-refractivity contribution is -0.133. The molecule has 0 spiro atoms. The van der Waals surface area contributed by atoms with Gasteiger partial charge in [0.05, 0.1) is 17.8 Å². The molecule has 0 radical (unpaired) electrons. The molecule has 102 valence electrons. The van der Waals surface area contributed by atoms with Gasteiger partial charge in [-0.1, -0.05) is 11.8 Å². The summed E-state index contributed by atoms with van der Waals surface area (Å²) in [6.07, 6.45) is 0. The van der Waals surface area contributed by atoms with Crippen LogP contribution in [0.5, 0.6) is 0 Å². The number of benzene rings is 1. The number of rotatable bonds is 5. The number of carboxylic acid groups (broad SMARTS) is 1. The van der Waals surface area contributed by atoms with E-state index in [1.165, 1.54) is 6.07 Å². The van der Waals surface area contributed by atoms with Crippen LogP contribution >= 0.6 is 11.8 Å². The topological polar surface area (TPSA) is 55.1 Å². The van der Waals surface area contributed by atoms with Crippen LogP contribution in [0.1, 0.15) is 0 Å². The highest BCUT2D eigenvalue weighted by atomic mass is 32.2. The molecule has 2 rings (SSSR count). The van der Waals surface area contributed by atoms with Crippen molar-refractivity contribution < 1.29 is 23.1 Å². The van der Waals surface area contributed by atoms with Crippen molar-refractivity contribution in [2.75, 3.05) is 12.4 Å². The number of hydrogen-bond acceptors (Lipinski definition) is 3. The Morgan fingerprint density at radius 1 is 1.42 bits per heavy atom. The van der Waals surface area contributed by atoms with Crippen molar-refractivity contribution in [2.24, 2.45) is 0 Å². The van der Waals surface area contributed by atoms with Gasteiger partial charge >= 0.3 is 5.97 Å². The Bertz CT molecular complexity index is 630. The molecule has 4 nitrogen and oxygen atoms in total. The van der Waals surface area contributed by atoms with Crippen LogP contribution in [0, 0.1) is 11.6 Å². The zero-order chi connectivity index (χ0) is 14.0. The van der Waals surface area contributed by atoms with Crippen molar-refractivity contribution in [1.29, 1.82) is 0 Å². The second-order valence-corrected chi connectivity index (χ2v) is 4.59. The van der Waals surface area contributed by atoms with Crippen LogP contribution in [0.15, 0.2) is 17.3 Å². The number of aryl methyl sites for hydroxylation is 1. The number of carbonyl (C=O) groups is 1. The van der Waals surface area contributed by atoms with E-state index in [0.717, 1.165) is 22.4 Å².